The van der Waals surface area contributed by atoms with Crippen molar-refractivity contribution in [2.75, 3.05) is 12.8 Å². The van der Waals surface area contributed by atoms with Gasteiger partial charge in [0.1, 0.15) is 5.75 Å². The molecule has 0 spiro atoms. The summed E-state index contributed by atoms with van der Waals surface area (Å²) in [5.74, 6) is 1.39. The van der Waals surface area contributed by atoms with E-state index in [0.717, 1.165) is 27.8 Å². The Bertz CT molecular complexity index is 686. The van der Waals surface area contributed by atoms with Gasteiger partial charge in [0.25, 0.3) is 0 Å². The summed E-state index contributed by atoms with van der Waals surface area (Å²) in [5.41, 5.74) is 8.94. The highest BCUT2D eigenvalue weighted by Gasteiger charge is 2.04. The van der Waals surface area contributed by atoms with Crippen LogP contribution < -0.4 is 10.5 Å². The summed E-state index contributed by atoms with van der Waals surface area (Å²) in [6.07, 6.45) is 0. The monoisotopic (exact) mass is 239 g/mol. The van der Waals surface area contributed by atoms with E-state index in [2.05, 4.69) is 10.2 Å². The van der Waals surface area contributed by atoms with Crippen molar-refractivity contribution in [2.45, 2.75) is 0 Å². The first-order valence-corrected chi connectivity index (χ1v) is 5.66. The van der Waals surface area contributed by atoms with Gasteiger partial charge in [0, 0.05) is 5.39 Å². The van der Waals surface area contributed by atoms with Crippen molar-refractivity contribution in [1.29, 1.82) is 0 Å². The predicted molar refractivity (Wildman–Crippen MR) is 72.5 cm³/mol. The third-order valence-electron chi connectivity index (χ3n) is 3.02. The van der Waals surface area contributed by atoms with Crippen LogP contribution in [0.5, 0.6) is 5.75 Å². The van der Waals surface area contributed by atoms with Crippen molar-refractivity contribution in [1.82, 2.24) is 10.2 Å². The van der Waals surface area contributed by atoms with Gasteiger partial charge in [0.05, 0.1) is 12.6 Å². The minimum Gasteiger partial charge on any atom is -0.497 e. The molecule has 4 heteroatoms. The predicted octanol–water partition coefficient (Wildman–Crippen LogP) is 2.82. The molecule has 0 saturated heterocycles. The van der Waals surface area contributed by atoms with E-state index in [1.165, 1.54) is 0 Å². The van der Waals surface area contributed by atoms with Crippen LogP contribution >= 0.6 is 0 Å². The number of fused-ring (bicyclic) bond motifs is 1. The highest BCUT2D eigenvalue weighted by Crippen LogP contribution is 2.26. The van der Waals surface area contributed by atoms with E-state index in [0.29, 0.717) is 5.82 Å². The van der Waals surface area contributed by atoms with Crippen molar-refractivity contribution in [3.63, 3.8) is 0 Å². The number of benzene rings is 2. The molecule has 90 valence electrons. The first-order chi connectivity index (χ1) is 8.78. The number of nitrogens with one attached hydrogen (secondary N) is 1. The van der Waals surface area contributed by atoms with Gasteiger partial charge in [-0.05, 0) is 35.4 Å². The lowest BCUT2D eigenvalue weighted by Crippen LogP contribution is -1.84. The molecule has 0 bridgehead atoms. The Labute approximate surface area is 104 Å². The van der Waals surface area contributed by atoms with Crippen LogP contribution in [0.3, 0.4) is 0 Å². The molecule has 3 rings (SSSR count). The molecule has 3 aromatic rings. The number of H-pyrrole nitrogens is 1. The van der Waals surface area contributed by atoms with E-state index >= 15 is 0 Å². The molecule has 2 aromatic carbocycles. The molecular weight excluding hydrogens is 226 g/mol. The van der Waals surface area contributed by atoms with Gasteiger partial charge in [-0.2, -0.15) is 5.10 Å². The fraction of sp³-hybridized carbons (Fsp3) is 0.0714. The lowest BCUT2D eigenvalue weighted by atomic mass is 10.0. The number of aromatic amines is 1. The summed E-state index contributed by atoms with van der Waals surface area (Å²) < 4.78 is 5.15. The van der Waals surface area contributed by atoms with Crippen LogP contribution in [0.1, 0.15) is 0 Å². The molecule has 0 radical (unpaired) electrons. The third-order valence-corrected chi connectivity index (χ3v) is 3.02. The fourth-order valence-corrected chi connectivity index (χ4v) is 2.00. The molecule has 0 aliphatic carbocycles. The Morgan fingerprint density at radius 2 is 1.78 bits per heavy atom. The van der Waals surface area contributed by atoms with Gasteiger partial charge in [0.15, 0.2) is 5.82 Å². The van der Waals surface area contributed by atoms with Gasteiger partial charge in [-0.15, -0.1) is 0 Å². The maximum atomic E-state index is 5.74. The maximum absolute atomic E-state index is 5.74. The first-order valence-electron chi connectivity index (χ1n) is 5.66. The molecule has 0 saturated carbocycles. The number of rotatable bonds is 2. The molecule has 1 heterocycles. The van der Waals surface area contributed by atoms with Crippen LogP contribution in [0.2, 0.25) is 0 Å². The van der Waals surface area contributed by atoms with Crippen LogP contribution in [-0.2, 0) is 0 Å². The molecule has 1 aromatic heterocycles. The minimum absolute atomic E-state index is 0.534. The number of nitrogen functional groups attached to an aromatic ring is 1. The van der Waals surface area contributed by atoms with Crippen molar-refractivity contribution in [3.05, 3.63) is 42.5 Å². The van der Waals surface area contributed by atoms with Crippen molar-refractivity contribution < 1.29 is 4.74 Å². The average Bonchev–Trinajstić information content (AvgIpc) is 2.80. The zero-order valence-corrected chi connectivity index (χ0v) is 9.97. The van der Waals surface area contributed by atoms with E-state index in [1.54, 1.807) is 7.11 Å². The van der Waals surface area contributed by atoms with Crippen molar-refractivity contribution in [3.8, 4) is 16.9 Å². The van der Waals surface area contributed by atoms with E-state index in [-0.39, 0.29) is 0 Å². The second-order valence-corrected chi connectivity index (χ2v) is 4.10. The molecule has 4 nitrogen and oxygen atoms in total. The average molecular weight is 239 g/mol. The number of nitrogens with two attached hydrogens (primary N) is 1. The van der Waals surface area contributed by atoms with Gasteiger partial charge < -0.3 is 10.5 Å². The number of anilines is 1. The van der Waals surface area contributed by atoms with Gasteiger partial charge in [-0.1, -0.05) is 18.2 Å². The smallest absolute Gasteiger partial charge is 0.153 e. The first kappa shape index (κ1) is 10.7. The SMILES string of the molecule is COc1ccc(-c2ccc3c(N)n[nH]c3c2)cc1. The number of nitrogens with zero attached hydrogens (tertiary/aromatic N) is 1. The number of hydrogen-bond donors (Lipinski definition) is 2. The fourth-order valence-electron chi connectivity index (χ4n) is 2.00. The topological polar surface area (TPSA) is 63.9 Å². The summed E-state index contributed by atoms with van der Waals surface area (Å²) in [4.78, 5) is 0. The summed E-state index contributed by atoms with van der Waals surface area (Å²) in [7, 11) is 1.66. The highest BCUT2D eigenvalue weighted by atomic mass is 16.5. The summed E-state index contributed by atoms with van der Waals surface area (Å²) in [5, 5.41) is 7.86. The normalized spacial score (nSPS) is 10.7. The largest absolute Gasteiger partial charge is 0.497 e. The van der Waals surface area contributed by atoms with Gasteiger partial charge >= 0.3 is 0 Å². The number of hydrogen-bond acceptors (Lipinski definition) is 3. The van der Waals surface area contributed by atoms with E-state index < -0.39 is 0 Å². The van der Waals surface area contributed by atoms with Gasteiger partial charge in [-0.3, -0.25) is 5.10 Å². The lowest BCUT2D eigenvalue weighted by Gasteiger charge is -2.04. The van der Waals surface area contributed by atoms with Crippen molar-refractivity contribution >= 4 is 16.7 Å². The zero-order chi connectivity index (χ0) is 12.5. The van der Waals surface area contributed by atoms with E-state index in [1.807, 2.05) is 42.5 Å². The Kier molecular flexibility index (Phi) is 2.41. The van der Waals surface area contributed by atoms with Crippen LogP contribution in [0.4, 0.5) is 5.82 Å². The number of methoxy groups -OCH3 is 1. The molecule has 0 aliphatic heterocycles. The summed E-state index contributed by atoms with van der Waals surface area (Å²) in [6, 6.07) is 14.0. The molecule has 0 aliphatic rings. The highest BCUT2D eigenvalue weighted by molar-refractivity contribution is 5.91. The van der Waals surface area contributed by atoms with Gasteiger partial charge in [0.2, 0.25) is 0 Å². The van der Waals surface area contributed by atoms with Crippen molar-refractivity contribution in [2.24, 2.45) is 0 Å². The third kappa shape index (κ3) is 1.68. The molecule has 0 unspecified atom stereocenters. The summed E-state index contributed by atoms with van der Waals surface area (Å²) >= 11 is 0. The Morgan fingerprint density at radius 1 is 1.06 bits per heavy atom. The standard InChI is InChI=1S/C14H13N3O/c1-18-11-5-2-9(3-6-11)10-4-7-12-13(8-10)16-17-14(12)15/h2-8H,1H3,(H3,15,16,17). The molecule has 0 fully saturated rings. The number of aromatic nitrogens is 2. The van der Waals surface area contributed by atoms with E-state index in [4.69, 9.17) is 10.5 Å². The molecule has 0 amide bonds. The Hall–Kier alpha value is -2.49. The molecule has 0 atom stereocenters. The van der Waals surface area contributed by atoms with Crippen LogP contribution in [0.25, 0.3) is 22.0 Å². The quantitative estimate of drug-likeness (QED) is 0.722. The lowest BCUT2D eigenvalue weighted by molar-refractivity contribution is 0.415. The Balaban J connectivity index is 2.07. The van der Waals surface area contributed by atoms with Crippen LogP contribution in [0.15, 0.2) is 42.5 Å². The second-order valence-electron chi connectivity index (χ2n) is 4.10. The number of ether oxygens (including phenoxy) is 1. The van der Waals surface area contributed by atoms with E-state index in [9.17, 15) is 0 Å². The second kappa shape index (κ2) is 4.07. The zero-order valence-electron chi connectivity index (χ0n) is 9.97. The maximum Gasteiger partial charge on any atom is 0.153 e. The van der Waals surface area contributed by atoms with Crippen LogP contribution in [0, 0.1) is 0 Å². The van der Waals surface area contributed by atoms with Gasteiger partial charge in [-0.25, -0.2) is 0 Å². The molecule has 18 heavy (non-hydrogen) atoms. The van der Waals surface area contributed by atoms with Crippen LogP contribution in [-0.4, -0.2) is 17.3 Å². The summed E-state index contributed by atoms with van der Waals surface area (Å²) in [6.45, 7) is 0. The minimum atomic E-state index is 0.534. The molecular formula is C14H13N3O. The Morgan fingerprint density at radius 3 is 2.50 bits per heavy atom. The molecule has 3 N–H and O–H groups in total.